The van der Waals surface area contributed by atoms with Gasteiger partial charge in [-0.15, -0.1) is 0 Å². The number of carbonyl (C=O) groups is 1. The van der Waals surface area contributed by atoms with E-state index >= 15 is 0 Å². The molecule has 1 aromatic heterocycles. The smallest absolute Gasteiger partial charge is 0.213 e. The Bertz CT molecular complexity index is 417. The standard InChI is InChI=1S/C13H21BrN2O2/c1-5-8-16-11(10(14)9-15-16)12(17)13(4,6-2)18-7-3/h9H,5-8H2,1-4H3. The molecule has 0 bridgehead atoms. The molecule has 0 aliphatic heterocycles. The number of ether oxygens (including phenoxy) is 1. The number of carbonyl (C=O) groups excluding carboxylic acids is 1. The van der Waals surface area contributed by atoms with Gasteiger partial charge in [-0.05, 0) is 42.6 Å². The van der Waals surface area contributed by atoms with Gasteiger partial charge in [0.05, 0.1) is 10.7 Å². The zero-order valence-corrected chi connectivity index (χ0v) is 13.1. The Labute approximate surface area is 117 Å². The van der Waals surface area contributed by atoms with Crippen molar-refractivity contribution in [1.82, 2.24) is 9.78 Å². The van der Waals surface area contributed by atoms with Gasteiger partial charge in [-0.1, -0.05) is 13.8 Å². The molecular weight excluding hydrogens is 296 g/mol. The summed E-state index contributed by atoms with van der Waals surface area (Å²) < 4.78 is 8.13. The molecule has 0 radical (unpaired) electrons. The number of aromatic nitrogens is 2. The second-order valence-corrected chi connectivity index (χ2v) is 5.27. The van der Waals surface area contributed by atoms with Crippen molar-refractivity contribution in [3.63, 3.8) is 0 Å². The van der Waals surface area contributed by atoms with E-state index < -0.39 is 5.60 Å². The molecule has 1 rings (SSSR count). The van der Waals surface area contributed by atoms with Crippen molar-refractivity contribution >= 4 is 21.7 Å². The number of hydrogen-bond donors (Lipinski definition) is 0. The monoisotopic (exact) mass is 316 g/mol. The number of Topliss-reactive ketones (excluding diaryl/α,β-unsaturated/α-hetero) is 1. The average Bonchev–Trinajstić information content (AvgIpc) is 2.70. The van der Waals surface area contributed by atoms with E-state index in [2.05, 4.69) is 28.0 Å². The molecule has 4 nitrogen and oxygen atoms in total. The first-order valence-corrected chi connectivity index (χ1v) is 7.19. The zero-order chi connectivity index (χ0) is 13.8. The summed E-state index contributed by atoms with van der Waals surface area (Å²) in [5, 5.41) is 4.23. The normalized spacial score (nSPS) is 14.5. The molecule has 102 valence electrons. The summed E-state index contributed by atoms with van der Waals surface area (Å²) >= 11 is 3.40. The van der Waals surface area contributed by atoms with Gasteiger partial charge in [0.2, 0.25) is 5.78 Å². The number of aryl methyl sites for hydroxylation is 1. The third-order valence-electron chi connectivity index (χ3n) is 3.06. The van der Waals surface area contributed by atoms with Crippen LogP contribution >= 0.6 is 15.9 Å². The highest BCUT2D eigenvalue weighted by Gasteiger charge is 2.36. The van der Waals surface area contributed by atoms with E-state index in [1.807, 2.05) is 20.8 Å². The minimum absolute atomic E-state index is 0.00956. The van der Waals surface area contributed by atoms with Gasteiger partial charge in [-0.2, -0.15) is 5.10 Å². The van der Waals surface area contributed by atoms with Crippen molar-refractivity contribution in [3.8, 4) is 0 Å². The van der Waals surface area contributed by atoms with Crippen molar-refractivity contribution < 1.29 is 9.53 Å². The quantitative estimate of drug-likeness (QED) is 0.724. The van der Waals surface area contributed by atoms with Gasteiger partial charge in [0.15, 0.2) is 0 Å². The molecule has 1 aromatic rings. The van der Waals surface area contributed by atoms with Crippen LogP contribution in [-0.2, 0) is 11.3 Å². The maximum Gasteiger partial charge on any atom is 0.213 e. The Morgan fingerprint density at radius 2 is 2.17 bits per heavy atom. The minimum atomic E-state index is -0.775. The van der Waals surface area contributed by atoms with Crippen molar-refractivity contribution in [2.45, 2.75) is 52.7 Å². The number of nitrogens with zero attached hydrogens (tertiary/aromatic N) is 2. The predicted octanol–water partition coefficient (Wildman–Crippen LogP) is 3.44. The van der Waals surface area contributed by atoms with Crippen molar-refractivity contribution in [2.75, 3.05) is 6.61 Å². The van der Waals surface area contributed by atoms with Gasteiger partial charge >= 0.3 is 0 Å². The first-order chi connectivity index (χ1) is 8.50. The largest absolute Gasteiger partial charge is 0.367 e. The molecule has 5 heteroatoms. The van der Waals surface area contributed by atoms with Crippen LogP contribution in [0.15, 0.2) is 10.7 Å². The van der Waals surface area contributed by atoms with E-state index in [0.717, 1.165) is 17.4 Å². The zero-order valence-electron chi connectivity index (χ0n) is 11.5. The number of halogens is 1. The van der Waals surface area contributed by atoms with E-state index in [4.69, 9.17) is 4.74 Å². The summed E-state index contributed by atoms with van der Waals surface area (Å²) in [4.78, 5) is 12.6. The summed E-state index contributed by atoms with van der Waals surface area (Å²) in [5.41, 5.74) is -0.169. The van der Waals surface area contributed by atoms with Crippen molar-refractivity contribution in [2.24, 2.45) is 0 Å². The average molecular weight is 317 g/mol. The Hall–Kier alpha value is -0.680. The second-order valence-electron chi connectivity index (χ2n) is 4.41. The molecule has 1 heterocycles. The molecule has 1 atom stereocenters. The van der Waals surface area contributed by atoms with Crippen LogP contribution in [0.2, 0.25) is 0 Å². The number of ketones is 1. The highest BCUT2D eigenvalue weighted by atomic mass is 79.9. The van der Waals surface area contributed by atoms with E-state index in [-0.39, 0.29) is 5.78 Å². The number of rotatable bonds is 7. The minimum Gasteiger partial charge on any atom is -0.367 e. The van der Waals surface area contributed by atoms with Gasteiger partial charge in [-0.3, -0.25) is 9.48 Å². The van der Waals surface area contributed by atoms with Gasteiger partial charge in [0.25, 0.3) is 0 Å². The number of hydrogen-bond acceptors (Lipinski definition) is 3. The Balaban J connectivity index is 3.12. The fourth-order valence-corrected chi connectivity index (χ4v) is 2.34. The van der Waals surface area contributed by atoms with Gasteiger partial charge in [0.1, 0.15) is 11.3 Å². The van der Waals surface area contributed by atoms with Crippen LogP contribution in [0.3, 0.4) is 0 Å². The van der Waals surface area contributed by atoms with E-state index in [1.165, 1.54) is 0 Å². The maximum atomic E-state index is 12.6. The Morgan fingerprint density at radius 3 is 2.67 bits per heavy atom. The summed E-state index contributed by atoms with van der Waals surface area (Å²) in [7, 11) is 0. The lowest BCUT2D eigenvalue weighted by Gasteiger charge is -2.26. The third-order valence-corrected chi connectivity index (χ3v) is 3.64. The molecule has 0 saturated heterocycles. The summed E-state index contributed by atoms with van der Waals surface area (Å²) in [5.74, 6) is -0.00956. The topological polar surface area (TPSA) is 44.1 Å². The van der Waals surface area contributed by atoms with Gasteiger partial charge < -0.3 is 4.74 Å². The molecule has 0 N–H and O–H groups in total. The van der Waals surface area contributed by atoms with Crippen molar-refractivity contribution in [3.05, 3.63) is 16.4 Å². The van der Waals surface area contributed by atoms with Crippen LogP contribution in [0, 0.1) is 0 Å². The lowest BCUT2D eigenvalue weighted by molar-refractivity contribution is -0.0124. The Morgan fingerprint density at radius 1 is 1.50 bits per heavy atom. The van der Waals surface area contributed by atoms with Crippen molar-refractivity contribution in [1.29, 1.82) is 0 Å². The molecule has 0 aromatic carbocycles. The molecule has 0 saturated carbocycles. The molecule has 1 unspecified atom stereocenters. The lowest BCUT2D eigenvalue weighted by atomic mass is 9.95. The lowest BCUT2D eigenvalue weighted by Crippen LogP contribution is -2.39. The summed E-state index contributed by atoms with van der Waals surface area (Å²) in [6, 6.07) is 0. The van der Waals surface area contributed by atoms with Crippen LogP contribution in [0.4, 0.5) is 0 Å². The molecular formula is C13H21BrN2O2. The highest BCUT2D eigenvalue weighted by molar-refractivity contribution is 9.10. The molecule has 0 fully saturated rings. The third kappa shape index (κ3) is 3.01. The molecule has 0 spiro atoms. The fourth-order valence-electron chi connectivity index (χ4n) is 1.87. The van der Waals surface area contributed by atoms with Gasteiger partial charge in [0, 0.05) is 13.2 Å². The van der Waals surface area contributed by atoms with Crippen LogP contribution in [-0.4, -0.2) is 27.8 Å². The van der Waals surface area contributed by atoms with E-state index in [0.29, 0.717) is 18.7 Å². The van der Waals surface area contributed by atoms with E-state index in [9.17, 15) is 4.79 Å². The SMILES string of the molecule is CCCn1ncc(Br)c1C(=O)C(C)(CC)OCC. The van der Waals surface area contributed by atoms with Crippen LogP contribution in [0.1, 0.15) is 51.0 Å². The first-order valence-electron chi connectivity index (χ1n) is 6.40. The van der Waals surface area contributed by atoms with E-state index in [1.54, 1.807) is 10.9 Å². The molecule has 0 aliphatic carbocycles. The highest BCUT2D eigenvalue weighted by Crippen LogP contribution is 2.26. The predicted molar refractivity (Wildman–Crippen MR) is 74.9 cm³/mol. The maximum absolute atomic E-state index is 12.6. The van der Waals surface area contributed by atoms with Gasteiger partial charge in [-0.25, -0.2) is 0 Å². The molecule has 0 aliphatic rings. The summed E-state index contributed by atoms with van der Waals surface area (Å²) in [6.45, 7) is 9.02. The second kappa shape index (κ2) is 6.48. The Kier molecular flexibility index (Phi) is 5.53. The fraction of sp³-hybridized carbons (Fsp3) is 0.692. The van der Waals surface area contributed by atoms with Crippen LogP contribution < -0.4 is 0 Å². The van der Waals surface area contributed by atoms with Crippen LogP contribution in [0.25, 0.3) is 0 Å². The first kappa shape index (κ1) is 15.4. The molecule has 18 heavy (non-hydrogen) atoms. The van der Waals surface area contributed by atoms with Crippen LogP contribution in [0.5, 0.6) is 0 Å². The molecule has 0 amide bonds. The summed E-state index contributed by atoms with van der Waals surface area (Å²) in [6.07, 6.45) is 3.25.